The highest BCUT2D eigenvalue weighted by molar-refractivity contribution is 9.10. The minimum atomic E-state index is -0.300. The Kier molecular flexibility index (Phi) is 8.33. The summed E-state index contributed by atoms with van der Waals surface area (Å²) in [7, 11) is 0. The Morgan fingerprint density at radius 2 is 1.91 bits per heavy atom. The van der Waals surface area contributed by atoms with Crippen molar-refractivity contribution in [3.05, 3.63) is 75.2 Å². The highest BCUT2D eigenvalue weighted by Crippen LogP contribution is 2.37. The van der Waals surface area contributed by atoms with Gasteiger partial charge < -0.3 is 24.3 Å². The monoisotopic (exact) mass is 559 g/mol. The second kappa shape index (κ2) is 11.8. The number of carbonyl (C=O) groups excluding carboxylic acids is 1. The van der Waals surface area contributed by atoms with Gasteiger partial charge in [-0.25, -0.2) is 5.43 Å². The molecule has 1 amide bonds. The van der Waals surface area contributed by atoms with Crippen LogP contribution in [-0.4, -0.2) is 32.1 Å². The highest BCUT2D eigenvalue weighted by Gasteiger charge is 2.14. The summed E-state index contributed by atoms with van der Waals surface area (Å²) >= 11 is 9.49. The molecule has 3 aromatic carbocycles. The molecule has 4 rings (SSSR count). The second-order valence-electron chi connectivity index (χ2n) is 7.39. The number of halogens is 2. The number of carbonyl (C=O) groups is 1. The molecule has 0 bridgehead atoms. The molecule has 1 aliphatic heterocycles. The number of ether oxygens (including phenoxy) is 4. The van der Waals surface area contributed by atoms with Gasteiger partial charge in [0.1, 0.15) is 6.61 Å². The molecule has 0 saturated heterocycles. The topological polar surface area (TPSA) is 90.4 Å². The van der Waals surface area contributed by atoms with Crippen LogP contribution < -0.4 is 29.7 Å². The number of hydrogen-bond donors (Lipinski definition) is 2. The van der Waals surface area contributed by atoms with Crippen LogP contribution in [0.3, 0.4) is 0 Å². The summed E-state index contributed by atoms with van der Waals surface area (Å²) in [6, 6.07) is 16.5. The predicted octanol–water partition coefficient (Wildman–Crippen LogP) is 5.37. The molecule has 0 fully saturated rings. The van der Waals surface area contributed by atoms with Gasteiger partial charge in [-0.2, -0.15) is 5.10 Å². The zero-order valence-electron chi connectivity index (χ0n) is 18.8. The lowest BCUT2D eigenvalue weighted by atomic mass is 10.2. The van der Waals surface area contributed by atoms with Crippen LogP contribution in [0.4, 0.5) is 5.69 Å². The number of fused-ring (bicyclic) bond motifs is 1. The third kappa shape index (κ3) is 6.80. The summed E-state index contributed by atoms with van der Waals surface area (Å²) in [4.78, 5) is 12.2. The zero-order chi connectivity index (χ0) is 24.6. The van der Waals surface area contributed by atoms with E-state index in [1.54, 1.807) is 18.2 Å². The number of nitrogens with one attached hydrogen (secondary N) is 2. The molecule has 10 heteroatoms. The first-order valence-electron chi connectivity index (χ1n) is 10.8. The molecule has 0 spiro atoms. The van der Waals surface area contributed by atoms with Gasteiger partial charge in [-0.15, -0.1) is 0 Å². The van der Waals surface area contributed by atoms with Crippen LogP contribution in [0.15, 0.2) is 64.2 Å². The van der Waals surface area contributed by atoms with Crippen molar-refractivity contribution in [2.45, 2.75) is 13.5 Å². The summed E-state index contributed by atoms with van der Waals surface area (Å²) < 4.78 is 23.1. The number of rotatable bonds is 10. The van der Waals surface area contributed by atoms with Crippen LogP contribution in [0.2, 0.25) is 5.02 Å². The summed E-state index contributed by atoms with van der Waals surface area (Å²) in [6.45, 7) is 2.96. The fourth-order valence-electron chi connectivity index (χ4n) is 3.21. The third-order valence-electron chi connectivity index (χ3n) is 4.86. The number of hydrazone groups is 1. The summed E-state index contributed by atoms with van der Waals surface area (Å²) in [5.74, 6) is 2.17. The molecule has 0 aromatic heterocycles. The zero-order valence-corrected chi connectivity index (χ0v) is 21.2. The van der Waals surface area contributed by atoms with Crippen LogP contribution in [0.1, 0.15) is 18.1 Å². The Bertz CT molecular complexity index is 1220. The molecule has 0 unspecified atom stereocenters. The van der Waals surface area contributed by atoms with E-state index in [1.807, 2.05) is 43.3 Å². The van der Waals surface area contributed by atoms with E-state index < -0.39 is 0 Å². The van der Waals surface area contributed by atoms with Gasteiger partial charge in [0.25, 0.3) is 5.91 Å². The summed E-state index contributed by atoms with van der Waals surface area (Å²) in [5.41, 5.74) is 4.95. The first-order valence-corrected chi connectivity index (χ1v) is 12.0. The van der Waals surface area contributed by atoms with E-state index in [9.17, 15) is 4.79 Å². The van der Waals surface area contributed by atoms with Gasteiger partial charge in [-0.1, -0.05) is 23.7 Å². The highest BCUT2D eigenvalue weighted by atomic mass is 79.9. The van der Waals surface area contributed by atoms with E-state index in [4.69, 9.17) is 30.5 Å². The Balaban J connectivity index is 1.34. The Labute approximate surface area is 216 Å². The normalized spacial score (nSPS) is 12.0. The van der Waals surface area contributed by atoms with E-state index in [2.05, 4.69) is 31.8 Å². The third-order valence-corrected chi connectivity index (χ3v) is 5.70. The van der Waals surface area contributed by atoms with Gasteiger partial charge in [0.2, 0.25) is 6.79 Å². The molecule has 1 aliphatic rings. The van der Waals surface area contributed by atoms with E-state index in [1.165, 1.54) is 6.21 Å². The van der Waals surface area contributed by atoms with Crippen molar-refractivity contribution in [3.63, 3.8) is 0 Å². The number of hydrogen-bond acceptors (Lipinski definition) is 7. The molecule has 2 N–H and O–H groups in total. The Morgan fingerprint density at radius 1 is 1.11 bits per heavy atom. The molecular weight excluding hydrogens is 538 g/mol. The van der Waals surface area contributed by atoms with Gasteiger partial charge in [0.15, 0.2) is 23.0 Å². The second-order valence-corrected chi connectivity index (χ2v) is 8.68. The van der Waals surface area contributed by atoms with Gasteiger partial charge in [0, 0.05) is 16.8 Å². The average Bonchev–Trinajstić information content (AvgIpc) is 3.31. The maximum absolute atomic E-state index is 12.2. The fraction of sp³-hybridized carbons (Fsp3) is 0.200. The van der Waals surface area contributed by atoms with Crippen molar-refractivity contribution < 1.29 is 23.7 Å². The molecule has 0 radical (unpaired) electrons. The first kappa shape index (κ1) is 24.7. The van der Waals surface area contributed by atoms with Crippen molar-refractivity contribution in [2.75, 3.05) is 25.3 Å². The van der Waals surface area contributed by atoms with Crippen molar-refractivity contribution in [1.29, 1.82) is 0 Å². The minimum absolute atomic E-state index is 0.0440. The van der Waals surface area contributed by atoms with E-state index >= 15 is 0 Å². The molecule has 182 valence electrons. The van der Waals surface area contributed by atoms with Crippen LogP contribution in [0.25, 0.3) is 0 Å². The quantitative estimate of drug-likeness (QED) is 0.256. The van der Waals surface area contributed by atoms with Gasteiger partial charge in [-0.05, 0) is 70.4 Å². The number of anilines is 1. The number of amides is 1. The Hall–Kier alpha value is -3.43. The van der Waals surface area contributed by atoms with Crippen LogP contribution in [0, 0.1) is 0 Å². The van der Waals surface area contributed by atoms with Crippen molar-refractivity contribution >= 4 is 45.3 Å². The SMILES string of the molecule is CCOc1cc(/C=N\NC(=O)CNc2ccc3c(c2)OCO3)cc(Br)c1OCc1ccc(Cl)cc1. The standard InChI is InChI=1S/C25H23BrClN3O5/c1-2-32-23-10-17(9-20(26)25(23)33-14-16-3-5-18(27)6-4-16)12-29-30-24(31)13-28-19-7-8-21-22(11-19)35-15-34-21/h3-12,28H,2,13-15H2,1H3,(H,30,31)/b29-12-. The lowest BCUT2D eigenvalue weighted by molar-refractivity contribution is -0.119. The summed E-state index contributed by atoms with van der Waals surface area (Å²) in [5, 5.41) is 7.74. The average molecular weight is 561 g/mol. The van der Waals surface area contributed by atoms with E-state index in [-0.39, 0.29) is 19.2 Å². The van der Waals surface area contributed by atoms with Crippen molar-refractivity contribution in [3.8, 4) is 23.0 Å². The molecule has 8 nitrogen and oxygen atoms in total. The van der Waals surface area contributed by atoms with E-state index in [0.29, 0.717) is 45.7 Å². The molecule has 35 heavy (non-hydrogen) atoms. The van der Waals surface area contributed by atoms with Gasteiger partial charge in [-0.3, -0.25) is 4.79 Å². The maximum Gasteiger partial charge on any atom is 0.259 e. The Morgan fingerprint density at radius 3 is 2.71 bits per heavy atom. The largest absolute Gasteiger partial charge is 0.490 e. The minimum Gasteiger partial charge on any atom is -0.490 e. The summed E-state index contributed by atoms with van der Waals surface area (Å²) in [6.07, 6.45) is 1.54. The van der Waals surface area contributed by atoms with Crippen molar-refractivity contribution in [2.24, 2.45) is 5.10 Å². The maximum atomic E-state index is 12.2. The van der Waals surface area contributed by atoms with Crippen molar-refractivity contribution in [1.82, 2.24) is 5.43 Å². The van der Waals surface area contributed by atoms with Gasteiger partial charge in [0.05, 0.1) is 23.8 Å². The molecule has 0 saturated carbocycles. The first-order chi connectivity index (χ1) is 17.0. The molecule has 3 aromatic rings. The lowest BCUT2D eigenvalue weighted by Crippen LogP contribution is -2.25. The molecular formula is C25H23BrClN3O5. The number of nitrogens with zero attached hydrogens (tertiary/aromatic N) is 1. The lowest BCUT2D eigenvalue weighted by Gasteiger charge is -2.14. The van der Waals surface area contributed by atoms with E-state index in [0.717, 1.165) is 16.8 Å². The smallest absolute Gasteiger partial charge is 0.259 e. The molecule has 1 heterocycles. The fourth-order valence-corrected chi connectivity index (χ4v) is 3.91. The van der Waals surface area contributed by atoms with Crippen LogP contribution in [-0.2, 0) is 11.4 Å². The molecule has 0 atom stereocenters. The number of benzene rings is 3. The predicted molar refractivity (Wildman–Crippen MR) is 138 cm³/mol. The van der Waals surface area contributed by atoms with Gasteiger partial charge >= 0.3 is 0 Å². The molecule has 0 aliphatic carbocycles. The van der Waals surface area contributed by atoms with Crippen LogP contribution >= 0.6 is 27.5 Å². The van der Waals surface area contributed by atoms with Crippen LogP contribution in [0.5, 0.6) is 23.0 Å².